The van der Waals surface area contributed by atoms with Gasteiger partial charge in [-0.05, 0) is 23.3 Å². The van der Waals surface area contributed by atoms with Crippen LogP contribution in [0.1, 0.15) is 23.8 Å². The fourth-order valence-corrected chi connectivity index (χ4v) is 3.43. The van der Waals surface area contributed by atoms with Crippen LogP contribution in [0.3, 0.4) is 0 Å². The van der Waals surface area contributed by atoms with Gasteiger partial charge in [-0.15, -0.1) is 0 Å². The molecule has 39 heavy (non-hydrogen) atoms. The number of benzene rings is 1. The molecule has 0 unspecified atom stereocenters. The van der Waals surface area contributed by atoms with Crippen LogP contribution in [0.25, 0.3) is 0 Å². The highest BCUT2D eigenvalue weighted by atomic mass is 16.3. The molecule has 2 atom stereocenters. The van der Waals surface area contributed by atoms with Gasteiger partial charge in [-0.3, -0.25) is 28.8 Å². The second-order valence-electron chi connectivity index (χ2n) is 8.42. The van der Waals surface area contributed by atoms with E-state index in [0.29, 0.717) is 16.9 Å². The Morgan fingerprint density at radius 3 is 2.21 bits per heavy atom. The Morgan fingerprint density at radius 1 is 0.897 bits per heavy atom. The maximum atomic E-state index is 12.8. The minimum absolute atomic E-state index is 0.0729. The van der Waals surface area contributed by atoms with E-state index in [4.69, 9.17) is 10.2 Å². The third kappa shape index (κ3) is 10.9. The van der Waals surface area contributed by atoms with Gasteiger partial charge in [-0.25, -0.2) is 0 Å². The van der Waals surface area contributed by atoms with Gasteiger partial charge in [0.15, 0.2) is 0 Å². The third-order valence-corrected chi connectivity index (χ3v) is 5.39. The zero-order valence-corrected chi connectivity index (χ0v) is 21.6. The Hall–Kier alpha value is -4.94. The first-order valence-corrected chi connectivity index (χ1v) is 12.0. The number of nitrogens with two attached hydrogens (primary N) is 1. The summed E-state index contributed by atoms with van der Waals surface area (Å²) in [5, 5.41) is 12.5. The van der Waals surface area contributed by atoms with Gasteiger partial charge in [0, 0.05) is 45.6 Å². The minimum atomic E-state index is -1.19. The highest BCUT2D eigenvalue weighted by Crippen LogP contribution is 2.11. The molecule has 0 spiro atoms. The smallest absolute Gasteiger partial charge is 0.244 e. The van der Waals surface area contributed by atoms with E-state index in [1.54, 1.807) is 36.4 Å². The molecule has 0 bridgehead atoms. The van der Waals surface area contributed by atoms with Crippen molar-refractivity contribution in [2.45, 2.75) is 38.4 Å². The molecule has 13 heteroatoms. The van der Waals surface area contributed by atoms with Gasteiger partial charge in [-0.1, -0.05) is 24.3 Å². The highest BCUT2D eigenvalue weighted by Gasteiger charge is 2.22. The summed E-state index contributed by atoms with van der Waals surface area (Å²) in [5.41, 5.74) is 6.58. The number of carbonyl (C=O) groups is 6. The number of furan rings is 1. The van der Waals surface area contributed by atoms with Crippen LogP contribution < -0.4 is 32.3 Å². The molecule has 0 aliphatic carbocycles. The molecule has 0 aliphatic heterocycles. The van der Waals surface area contributed by atoms with Crippen LogP contribution in [0.2, 0.25) is 0 Å². The first-order chi connectivity index (χ1) is 18.6. The summed E-state index contributed by atoms with van der Waals surface area (Å²) in [6.07, 6.45) is 3.49. The average Bonchev–Trinajstić information content (AvgIpc) is 3.41. The van der Waals surface area contributed by atoms with E-state index < -0.39 is 41.6 Å². The Labute approximate surface area is 224 Å². The lowest BCUT2D eigenvalue weighted by Gasteiger charge is -2.18. The summed E-state index contributed by atoms with van der Waals surface area (Å²) in [7, 11) is 1.40. The zero-order valence-electron chi connectivity index (χ0n) is 21.6. The van der Waals surface area contributed by atoms with Crippen LogP contribution in [-0.2, 0) is 48.2 Å². The molecular weight excluding hydrogens is 508 g/mol. The van der Waals surface area contributed by atoms with Gasteiger partial charge in [0.2, 0.25) is 35.4 Å². The molecular formula is C26H32N6O7. The van der Waals surface area contributed by atoms with E-state index in [9.17, 15) is 28.8 Å². The highest BCUT2D eigenvalue weighted by molar-refractivity contribution is 5.97. The van der Waals surface area contributed by atoms with Crippen molar-refractivity contribution in [2.24, 2.45) is 5.73 Å². The molecule has 1 heterocycles. The Kier molecular flexibility index (Phi) is 11.9. The summed E-state index contributed by atoms with van der Waals surface area (Å²) in [6, 6.07) is 8.21. The van der Waals surface area contributed by atoms with Crippen LogP contribution in [0, 0.1) is 0 Å². The second-order valence-corrected chi connectivity index (χ2v) is 8.42. The van der Waals surface area contributed by atoms with E-state index in [1.165, 1.54) is 20.2 Å². The molecule has 2 aromatic rings. The predicted octanol–water partition coefficient (Wildman–Crippen LogP) is -1.43. The van der Waals surface area contributed by atoms with Crippen molar-refractivity contribution in [3.05, 3.63) is 71.7 Å². The standard InChI is InChI=1S/C26H32N6O7/c1-16(33)31-20(13-19-8-5-11-39-19)26(38)30-14-18-7-4-3-6-17(18)12-24(36)32-21(25(27)37)15-29-23(35)10-9-22(34)28-2/h3-11,20-21H,12-15H2,1-2H3,(H2,27,37)(H,28,34)(H,29,35)(H,30,38)(H,31,33)(H,32,36)/b10-9-/t20-,21-/m0/s1. The summed E-state index contributed by atoms with van der Waals surface area (Å²) in [5.74, 6) is -2.81. The summed E-state index contributed by atoms with van der Waals surface area (Å²) < 4.78 is 5.28. The number of hydrogen-bond donors (Lipinski definition) is 6. The van der Waals surface area contributed by atoms with Crippen LogP contribution in [0.5, 0.6) is 0 Å². The van der Waals surface area contributed by atoms with E-state index in [-0.39, 0.29) is 31.8 Å². The predicted molar refractivity (Wildman–Crippen MR) is 139 cm³/mol. The molecule has 1 aromatic heterocycles. The van der Waals surface area contributed by atoms with E-state index in [0.717, 1.165) is 12.2 Å². The normalized spacial score (nSPS) is 12.2. The molecule has 13 nitrogen and oxygen atoms in total. The van der Waals surface area contributed by atoms with Crippen molar-refractivity contribution >= 4 is 35.4 Å². The molecule has 0 radical (unpaired) electrons. The number of amides is 6. The number of primary amides is 1. The van der Waals surface area contributed by atoms with Crippen molar-refractivity contribution in [2.75, 3.05) is 13.6 Å². The molecule has 0 saturated heterocycles. The lowest BCUT2D eigenvalue weighted by Crippen LogP contribution is -2.51. The molecule has 1 aromatic carbocycles. The van der Waals surface area contributed by atoms with Gasteiger partial charge >= 0.3 is 0 Å². The number of carbonyl (C=O) groups excluding carboxylic acids is 6. The molecule has 6 amide bonds. The lowest BCUT2D eigenvalue weighted by molar-refractivity contribution is -0.128. The number of nitrogens with one attached hydrogen (secondary N) is 5. The number of likely N-dealkylation sites (N-methyl/N-ethyl adjacent to an activating group) is 1. The van der Waals surface area contributed by atoms with E-state index in [2.05, 4.69) is 26.6 Å². The SMILES string of the molecule is CNC(=O)/C=C\C(=O)NC[C@H](NC(=O)Cc1ccccc1CNC(=O)[C@H](Cc1ccco1)NC(C)=O)C(N)=O. The largest absolute Gasteiger partial charge is 0.469 e. The molecule has 208 valence electrons. The van der Waals surface area contributed by atoms with Gasteiger partial charge in [0.25, 0.3) is 0 Å². The van der Waals surface area contributed by atoms with Gasteiger partial charge in [0.05, 0.1) is 12.7 Å². The van der Waals surface area contributed by atoms with Crippen molar-refractivity contribution in [1.29, 1.82) is 0 Å². The molecule has 0 aliphatic rings. The second kappa shape index (κ2) is 15.3. The monoisotopic (exact) mass is 540 g/mol. The maximum absolute atomic E-state index is 12.8. The Balaban J connectivity index is 1.98. The Morgan fingerprint density at radius 2 is 1.59 bits per heavy atom. The van der Waals surface area contributed by atoms with Crippen LogP contribution in [0.4, 0.5) is 0 Å². The average molecular weight is 541 g/mol. The number of hydrogen-bond acceptors (Lipinski definition) is 7. The van der Waals surface area contributed by atoms with E-state index >= 15 is 0 Å². The first-order valence-electron chi connectivity index (χ1n) is 12.0. The first kappa shape index (κ1) is 30.3. The minimum Gasteiger partial charge on any atom is -0.469 e. The molecule has 7 N–H and O–H groups in total. The molecule has 0 saturated carbocycles. The molecule has 2 rings (SSSR count). The third-order valence-electron chi connectivity index (χ3n) is 5.39. The van der Waals surface area contributed by atoms with Crippen molar-refractivity contribution < 1.29 is 33.2 Å². The number of rotatable bonds is 14. The summed E-state index contributed by atoms with van der Waals surface area (Å²) >= 11 is 0. The van der Waals surface area contributed by atoms with Gasteiger partial charge in [-0.2, -0.15) is 0 Å². The fourth-order valence-electron chi connectivity index (χ4n) is 3.43. The maximum Gasteiger partial charge on any atom is 0.244 e. The van der Waals surface area contributed by atoms with Crippen LogP contribution in [-0.4, -0.2) is 61.1 Å². The molecule has 0 fully saturated rings. The van der Waals surface area contributed by atoms with E-state index in [1.807, 2.05) is 0 Å². The van der Waals surface area contributed by atoms with Crippen LogP contribution in [0.15, 0.2) is 59.2 Å². The van der Waals surface area contributed by atoms with Gasteiger partial charge < -0.3 is 36.7 Å². The van der Waals surface area contributed by atoms with Crippen molar-refractivity contribution in [3.8, 4) is 0 Å². The fraction of sp³-hybridized carbons (Fsp3) is 0.308. The quantitative estimate of drug-likeness (QED) is 0.158. The van der Waals surface area contributed by atoms with Crippen LogP contribution >= 0.6 is 0 Å². The zero-order chi connectivity index (χ0) is 28.8. The van der Waals surface area contributed by atoms with Gasteiger partial charge in [0.1, 0.15) is 17.8 Å². The van der Waals surface area contributed by atoms with Crippen molar-refractivity contribution in [3.63, 3.8) is 0 Å². The Bertz CT molecular complexity index is 1210. The summed E-state index contributed by atoms with van der Waals surface area (Å²) in [6.45, 7) is 1.10. The van der Waals surface area contributed by atoms with Crippen molar-refractivity contribution in [1.82, 2.24) is 26.6 Å². The summed E-state index contributed by atoms with van der Waals surface area (Å²) in [4.78, 5) is 71.9. The lowest BCUT2D eigenvalue weighted by atomic mass is 10.0. The topological polar surface area (TPSA) is 202 Å².